The first kappa shape index (κ1) is 11.6. The van der Waals surface area contributed by atoms with Gasteiger partial charge in [-0.15, -0.1) is 11.3 Å². The standard InChI is InChI=1S/C12H13BrN2S/c1-8-11(13)14-12(16-8)9-4-6-10(7-5-9)15(2)3/h4-7H,1-3H3. The lowest BCUT2D eigenvalue weighted by molar-refractivity contribution is 1.13. The molecule has 1 aromatic heterocycles. The first-order chi connectivity index (χ1) is 7.58. The van der Waals surface area contributed by atoms with Crippen LogP contribution in [0.15, 0.2) is 28.9 Å². The molecule has 2 rings (SSSR count). The molecule has 0 N–H and O–H groups in total. The number of rotatable bonds is 2. The van der Waals surface area contributed by atoms with Crippen molar-refractivity contribution in [3.8, 4) is 10.6 Å². The number of thiazole rings is 1. The molecule has 0 amide bonds. The van der Waals surface area contributed by atoms with Gasteiger partial charge in [0.2, 0.25) is 0 Å². The average molecular weight is 297 g/mol. The summed E-state index contributed by atoms with van der Waals surface area (Å²) in [5.41, 5.74) is 2.38. The van der Waals surface area contributed by atoms with E-state index in [9.17, 15) is 0 Å². The summed E-state index contributed by atoms with van der Waals surface area (Å²) in [5, 5.41) is 1.06. The van der Waals surface area contributed by atoms with Crippen LogP contribution in [0.5, 0.6) is 0 Å². The second-order valence-corrected chi connectivity index (χ2v) is 5.76. The van der Waals surface area contributed by atoms with Crippen molar-refractivity contribution in [1.29, 1.82) is 0 Å². The molecule has 0 atom stereocenters. The maximum Gasteiger partial charge on any atom is 0.124 e. The van der Waals surface area contributed by atoms with Crippen LogP contribution >= 0.6 is 27.3 Å². The summed E-state index contributed by atoms with van der Waals surface area (Å²) in [6.07, 6.45) is 0. The zero-order valence-corrected chi connectivity index (χ0v) is 11.9. The smallest absolute Gasteiger partial charge is 0.124 e. The van der Waals surface area contributed by atoms with Gasteiger partial charge in [0.15, 0.2) is 0 Å². The third kappa shape index (κ3) is 2.28. The summed E-state index contributed by atoms with van der Waals surface area (Å²) >= 11 is 5.15. The fraction of sp³-hybridized carbons (Fsp3) is 0.250. The number of benzene rings is 1. The Hall–Kier alpha value is -0.870. The number of aryl methyl sites for hydroxylation is 1. The number of hydrogen-bond donors (Lipinski definition) is 0. The van der Waals surface area contributed by atoms with Crippen molar-refractivity contribution in [3.05, 3.63) is 33.7 Å². The molecular weight excluding hydrogens is 284 g/mol. The second-order valence-electron chi connectivity index (χ2n) is 3.81. The van der Waals surface area contributed by atoms with Crippen LogP contribution in [0, 0.1) is 6.92 Å². The zero-order chi connectivity index (χ0) is 11.7. The van der Waals surface area contributed by atoms with Crippen molar-refractivity contribution < 1.29 is 0 Å². The Kier molecular flexibility index (Phi) is 3.30. The predicted octanol–water partition coefficient (Wildman–Crippen LogP) is 3.95. The maximum atomic E-state index is 4.48. The van der Waals surface area contributed by atoms with Crippen LogP contribution in [0.3, 0.4) is 0 Å². The number of aromatic nitrogens is 1. The van der Waals surface area contributed by atoms with Gasteiger partial charge in [-0.25, -0.2) is 4.98 Å². The molecule has 0 unspecified atom stereocenters. The number of anilines is 1. The molecule has 2 nitrogen and oxygen atoms in total. The highest BCUT2D eigenvalue weighted by Gasteiger charge is 2.07. The highest BCUT2D eigenvalue weighted by molar-refractivity contribution is 9.10. The minimum absolute atomic E-state index is 0.948. The predicted molar refractivity (Wildman–Crippen MR) is 74.3 cm³/mol. The van der Waals surface area contributed by atoms with Crippen LogP contribution < -0.4 is 4.90 Å². The maximum absolute atomic E-state index is 4.48. The molecule has 0 radical (unpaired) electrons. The minimum atomic E-state index is 0.948. The van der Waals surface area contributed by atoms with E-state index in [-0.39, 0.29) is 0 Å². The van der Waals surface area contributed by atoms with E-state index in [1.807, 2.05) is 14.1 Å². The molecular formula is C12H13BrN2S. The molecule has 1 aromatic carbocycles. The van der Waals surface area contributed by atoms with E-state index in [1.54, 1.807) is 11.3 Å². The molecule has 4 heteroatoms. The summed E-state index contributed by atoms with van der Waals surface area (Å²) in [6.45, 7) is 2.07. The quantitative estimate of drug-likeness (QED) is 0.834. The fourth-order valence-corrected chi connectivity index (χ4v) is 2.75. The van der Waals surface area contributed by atoms with Gasteiger partial charge in [-0.2, -0.15) is 0 Å². The largest absolute Gasteiger partial charge is 0.378 e. The van der Waals surface area contributed by atoms with Gasteiger partial charge in [0.1, 0.15) is 9.61 Å². The van der Waals surface area contributed by atoms with Crippen molar-refractivity contribution in [2.24, 2.45) is 0 Å². The molecule has 0 aliphatic carbocycles. The minimum Gasteiger partial charge on any atom is -0.378 e. The molecule has 0 bridgehead atoms. The van der Waals surface area contributed by atoms with Crippen LogP contribution in [-0.2, 0) is 0 Å². The van der Waals surface area contributed by atoms with Gasteiger partial charge in [-0.3, -0.25) is 0 Å². The Labute approximate surface area is 108 Å². The molecule has 84 valence electrons. The number of hydrogen-bond acceptors (Lipinski definition) is 3. The van der Waals surface area contributed by atoms with Crippen LogP contribution in [0.1, 0.15) is 4.88 Å². The third-order valence-electron chi connectivity index (χ3n) is 2.37. The molecule has 0 fully saturated rings. The van der Waals surface area contributed by atoms with Gasteiger partial charge in [-0.1, -0.05) is 0 Å². The van der Waals surface area contributed by atoms with E-state index in [0.717, 1.165) is 9.61 Å². The van der Waals surface area contributed by atoms with Crippen LogP contribution in [0.25, 0.3) is 10.6 Å². The van der Waals surface area contributed by atoms with Gasteiger partial charge < -0.3 is 4.90 Å². The van der Waals surface area contributed by atoms with Crippen molar-refractivity contribution in [2.45, 2.75) is 6.92 Å². The normalized spacial score (nSPS) is 10.5. The van der Waals surface area contributed by atoms with Crippen molar-refractivity contribution >= 4 is 33.0 Å². The van der Waals surface area contributed by atoms with Gasteiger partial charge >= 0.3 is 0 Å². The summed E-state index contributed by atoms with van der Waals surface area (Å²) in [5.74, 6) is 0. The first-order valence-corrected chi connectivity index (χ1v) is 6.59. The Bertz CT molecular complexity index is 469. The molecule has 0 aliphatic heterocycles. The van der Waals surface area contributed by atoms with Crippen LogP contribution in [-0.4, -0.2) is 19.1 Å². The molecule has 0 spiro atoms. The van der Waals surface area contributed by atoms with Crippen molar-refractivity contribution in [1.82, 2.24) is 4.98 Å². The Morgan fingerprint density at radius 2 is 1.81 bits per heavy atom. The molecule has 16 heavy (non-hydrogen) atoms. The van der Waals surface area contributed by atoms with Gasteiger partial charge in [0.25, 0.3) is 0 Å². The van der Waals surface area contributed by atoms with E-state index < -0.39 is 0 Å². The Morgan fingerprint density at radius 1 is 1.19 bits per heavy atom. The summed E-state index contributed by atoms with van der Waals surface area (Å²) in [6, 6.07) is 8.44. The highest BCUT2D eigenvalue weighted by Crippen LogP contribution is 2.31. The van der Waals surface area contributed by atoms with E-state index in [1.165, 1.54) is 16.1 Å². The summed E-state index contributed by atoms with van der Waals surface area (Å²) in [4.78, 5) is 7.78. The average Bonchev–Trinajstić information content (AvgIpc) is 2.59. The highest BCUT2D eigenvalue weighted by atomic mass is 79.9. The van der Waals surface area contributed by atoms with Crippen molar-refractivity contribution in [2.75, 3.05) is 19.0 Å². The lowest BCUT2D eigenvalue weighted by atomic mass is 10.2. The second kappa shape index (κ2) is 4.55. The van der Waals surface area contributed by atoms with Crippen LogP contribution in [0.4, 0.5) is 5.69 Å². The van der Waals surface area contributed by atoms with E-state index in [2.05, 4.69) is 57.0 Å². The monoisotopic (exact) mass is 296 g/mol. The molecule has 2 aromatic rings. The van der Waals surface area contributed by atoms with Gasteiger partial charge in [0.05, 0.1) is 0 Å². The van der Waals surface area contributed by atoms with E-state index in [0.29, 0.717) is 0 Å². The Morgan fingerprint density at radius 3 is 2.25 bits per heavy atom. The summed E-state index contributed by atoms with van der Waals surface area (Å²) < 4.78 is 0.948. The fourth-order valence-electron chi connectivity index (χ4n) is 1.40. The van der Waals surface area contributed by atoms with E-state index >= 15 is 0 Å². The topological polar surface area (TPSA) is 16.1 Å². The molecule has 0 saturated heterocycles. The number of nitrogens with zero attached hydrogens (tertiary/aromatic N) is 2. The molecule has 1 heterocycles. The number of halogens is 1. The Balaban J connectivity index is 2.34. The SMILES string of the molecule is Cc1sc(-c2ccc(N(C)C)cc2)nc1Br. The van der Waals surface area contributed by atoms with Gasteiger partial charge in [-0.05, 0) is 47.1 Å². The molecule has 0 saturated carbocycles. The van der Waals surface area contributed by atoms with Crippen molar-refractivity contribution in [3.63, 3.8) is 0 Å². The first-order valence-electron chi connectivity index (χ1n) is 4.98. The van der Waals surface area contributed by atoms with E-state index in [4.69, 9.17) is 0 Å². The van der Waals surface area contributed by atoms with Gasteiger partial charge in [0, 0.05) is 30.2 Å². The zero-order valence-electron chi connectivity index (χ0n) is 9.49. The lowest BCUT2D eigenvalue weighted by Crippen LogP contribution is -2.07. The molecule has 0 aliphatic rings. The summed E-state index contributed by atoms with van der Waals surface area (Å²) in [7, 11) is 4.08. The van der Waals surface area contributed by atoms with Crippen LogP contribution in [0.2, 0.25) is 0 Å². The lowest BCUT2D eigenvalue weighted by Gasteiger charge is -2.11. The third-order valence-corrected chi connectivity index (χ3v) is 4.43.